The smallest absolute Gasteiger partial charge is 0.315 e. The first-order chi connectivity index (χ1) is 16.2. The number of para-hydroxylation sites is 1. The van der Waals surface area contributed by atoms with Crippen LogP contribution in [0.5, 0.6) is 0 Å². The molecule has 0 radical (unpaired) electrons. The molecule has 1 heterocycles. The van der Waals surface area contributed by atoms with Crippen LogP contribution in [0.1, 0.15) is 46.2 Å². The fourth-order valence-electron chi connectivity index (χ4n) is 3.33. The average Bonchev–Trinajstić information content (AvgIpc) is 3.21. The third-order valence-corrected chi connectivity index (χ3v) is 5.46. The maximum Gasteiger partial charge on any atom is 0.322 e. The van der Waals surface area contributed by atoms with Crippen molar-refractivity contribution in [2.75, 3.05) is 23.7 Å². The number of nitrogens with one attached hydrogen (secondary N) is 2. The Kier molecular flexibility index (Phi) is 8.34. The van der Waals surface area contributed by atoms with Crippen LogP contribution in [-0.4, -0.2) is 39.7 Å². The Morgan fingerprint density at radius 3 is 2.41 bits per heavy atom. The summed E-state index contributed by atoms with van der Waals surface area (Å²) in [5.74, 6) is 0.265. The highest BCUT2D eigenvalue weighted by molar-refractivity contribution is 6.30. The van der Waals surface area contributed by atoms with Gasteiger partial charge >= 0.3 is 6.03 Å². The van der Waals surface area contributed by atoms with Crippen LogP contribution in [0, 0.1) is 0 Å². The SMILES string of the molecule is CCCCN(CC(=O)Nc1cc(C(C)(C)C)nn1-c1ccccc1)C(=O)Nc1cccc(Cl)c1. The Labute approximate surface area is 206 Å². The molecule has 0 spiro atoms. The molecule has 0 atom stereocenters. The molecule has 2 aromatic carbocycles. The number of urea groups is 1. The van der Waals surface area contributed by atoms with Crippen molar-refractivity contribution in [1.82, 2.24) is 14.7 Å². The van der Waals surface area contributed by atoms with Crippen LogP contribution in [-0.2, 0) is 10.2 Å². The lowest BCUT2D eigenvalue weighted by Crippen LogP contribution is -2.41. The van der Waals surface area contributed by atoms with Crippen LogP contribution in [0.15, 0.2) is 60.7 Å². The van der Waals surface area contributed by atoms with E-state index in [9.17, 15) is 9.59 Å². The zero-order valence-electron chi connectivity index (χ0n) is 20.1. The molecule has 180 valence electrons. The van der Waals surface area contributed by atoms with Crippen LogP contribution in [0.2, 0.25) is 5.02 Å². The third kappa shape index (κ3) is 6.84. The van der Waals surface area contributed by atoms with Crippen LogP contribution in [0.4, 0.5) is 16.3 Å². The standard InChI is InChI=1S/C26H32ClN5O2/c1-5-6-15-31(25(34)28-20-12-10-11-19(27)16-20)18-24(33)29-23-17-22(26(2,3)4)30-32(23)21-13-8-7-9-14-21/h7-14,16-17H,5-6,15,18H2,1-4H3,(H,28,34)(H,29,33). The number of hydrogen-bond acceptors (Lipinski definition) is 3. The number of carbonyl (C=O) groups is 2. The number of halogens is 1. The summed E-state index contributed by atoms with van der Waals surface area (Å²) in [6.45, 7) is 8.63. The zero-order chi connectivity index (χ0) is 24.7. The topological polar surface area (TPSA) is 79.3 Å². The summed E-state index contributed by atoms with van der Waals surface area (Å²) in [4.78, 5) is 27.5. The molecule has 0 saturated carbocycles. The van der Waals surface area contributed by atoms with E-state index in [1.807, 2.05) is 43.3 Å². The highest BCUT2D eigenvalue weighted by Gasteiger charge is 2.23. The second kappa shape index (κ2) is 11.2. The van der Waals surface area contributed by atoms with Gasteiger partial charge in [-0.25, -0.2) is 9.48 Å². The highest BCUT2D eigenvalue weighted by Crippen LogP contribution is 2.26. The molecule has 0 bridgehead atoms. The van der Waals surface area contributed by atoms with E-state index in [-0.39, 0.29) is 23.9 Å². The lowest BCUT2D eigenvalue weighted by atomic mass is 9.92. The predicted molar refractivity (Wildman–Crippen MR) is 138 cm³/mol. The number of aromatic nitrogens is 2. The summed E-state index contributed by atoms with van der Waals surface area (Å²) in [6.07, 6.45) is 1.69. The van der Waals surface area contributed by atoms with Gasteiger partial charge < -0.3 is 15.5 Å². The van der Waals surface area contributed by atoms with E-state index in [0.29, 0.717) is 23.1 Å². The number of carbonyl (C=O) groups excluding carboxylic acids is 2. The van der Waals surface area contributed by atoms with E-state index in [1.165, 1.54) is 4.90 Å². The number of rotatable bonds is 8. The number of nitrogens with zero attached hydrogens (tertiary/aromatic N) is 3. The van der Waals surface area contributed by atoms with Crippen molar-refractivity contribution in [3.8, 4) is 5.69 Å². The van der Waals surface area contributed by atoms with E-state index in [0.717, 1.165) is 24.2 Å². The first-order valence-electron chi connectivity index (χ1n) is 11.4. The first-order valence-corrected chi connectivity index (χ1v) is 11.8. The Balaban J connectivity index is 1.78. The quantitative estimate of drug-likeness (QED) is 0.408. The monoisotopic (exact) mass is 481 g/mol. The second-order valence-corrected chi connectivity index (χ2v) is 9.61. The number of unbranched alkanes of at least 4 members (excludes halogenated alkanes) is 1. The Morgan fingerprint density at radius 2 is 1.76 bits per heavy atom. The minimum absolute atomic E-state index is 0.0861. The zero-order valence-corrected chi connectivity index (χ0v) is 20.9. The fraction of sp³-hybridized carbons (Fsp3) is 0.346. The fourth-order valence-corrected chi connectivity index (χ4v) is 3.52. The van der Waals surface area contributed by atoms with Crippen LogP contribution >= 0.6 is 11.6 Å². The minimum Gasteiger partial charge on any atom is -0.315 e. The van der Waals surface area contributed by atoms with Gasteiger partial charge in [0, 0.05) is 28.7 Å². The van der Waals surface area contributed by atoms with Gasteiger partial charge in [-0.05, 0) is 36.8 Å². The van der Waals surface area contributed by atoms with E-state index < -0.39 is 0 Å². The summed E-state index contributed by atoms with van der Waals surface area (Å²) < 4.78 is 1.72. The van der Waals surface area contributed by atoms with Gasteiger partial charge in [-0.1, -0.05) is 70.0 Å². The minimum atomic E-state index is -0.349. The Hall–Kier alpha value is -3.32. The molecular formula is C26H32ClN5O2. The Morgan fingerprint density at radius 1 is 1.03 bits per heavy atom. The van der Waals surface area contributed by atoms with Gasteiger partial charge in [0.25, 0.3) is 0 Å². The predicted octanol–water partition coefficient (Wildman–Crippen LogP) is 6.10. The third-order valence-electron chi connectivity index (χ3n) is 5.23. The maximum absolute atomic E-state index is 13.0. The molecule has 0 fully saturated rings. The number of amides is 3. The Bertz CT molecular complexity index is 1120. The van der Waals surface area contributed by atoms with Crippen molar-refractivity contribution < 1.29 is 9.59 Å². The molecule has 0 saturated heterocycles. The normalized spacial score (nSPS) is 11.2. The number of anilines is 2. The molecule has 0 aliphatic rings. The van der Waals surface area contributed by atoms with Gasteiger partial charge in [-0.15, -0.1) is 0 Å². The number of benzene rings is 2. The molecule has 2 N–H and O–H groups in total. The number of hydrogen-bond donors (Lipinski definition) is 2. The van der Waals surface area contributed by atoms with Gasteiger partial charge in [-0.3, -0.25) is 4.79 Å². The largest absolute Gasteiger partial charge is 0.322 e. The molecule has 1 aromatic heterocycles. The van der Waals surface area contributed by atoms with Gasteiger partial charge in [0.15, 0.2) is 0 Å². The van der Waals surface area contributed by atoms with Crippen molar-refractivity contribution in [1.29, 1.82) is 0 Å². The first kappa shape index (κ1) is 25.3. The molecule has 3 amide bonds. The van der Waals surface area contributed by atoms with Crippen LogP contribution < -0.4 is 10.6 Å². The van der Waals surface area contributed by atoms with E-state index >= 15 is 0 Å². The average molecular weight is 482 g/mol. The summed E-state index contributed by atoms with van der Waals surface area (Å²) in [6, 6.07) is 18.1. The van der Waals surface area contributed by atoms with Crippen molar-refractivity contribution in [3.63, 3.8) is 0 Å². The summed E-state index contributed by atoms with van der Waals surface area (Å²) in [7, 11) is 0. The molecule has 3 aromatic rings. The molecule has 8 heteroatoms. The van der Waals surface area contributed by atoms with Gasteiger partial charge in [0.1, 0.15) is 12.4 Å². The van der Waals surface area contributed by atoms with Crippen molar-refractivity contribution in [2.45, 2.75) is 46.0 Å². The van der Waals surface area contributed by atoms with E-state index in [4.69, 9.17) is 16.7 Å². The van der Waals surface area contributed by atoms with Crippen LogP contribution in [0.25, 0.3) is 5.69 Å². The van der Waals surface area contributed by atoms with Gasteiger partial charge in [0.2, 0.25) is 5.91 Å². The van der Waals surface area contributed by atoms with Gasteiger partial charge in [0.05, 0.1) is 11.4 Å². The molecule has 7 nitrogen and oxygen atoms in total. The molecule has 0 aliphatic heterocycles. The molecular weight excluding hydrogens is 450 g/mol. The molecule has 0 unspecified atom stereocenters. The van der Waals surface area contributed by atoms with Crippen LogP contribution in [0.3, 0.4) is 0 Å². The summed E-state index contributed by atoms with van der Waals surface area (Å²) in [5, 5.41) is 11.0. The van der Waals surface area contributed by atoms with Crippen molar-refractivity contribution in [3.05, 3.63) is 71.4 Å². The van der Waals surface area contributed by atoms with Crippen molar-refractivity contribution in [2.24, 2.45) is 0 Å². The lowest BCUT2D eigenvalue weighted by molar-refractivity contribution is -0.116. The second-order valence-electron chi connectivity index (χ2n) is 9.18. The van der Waals surface area contributed by atoms with E-state index in [2.05, 4.69) is 31.4 Å². The summed E-state index contributed by atoms with van der Waals surface area (Å²) >= 11 is 6.03. The molecule has 0 aliphatic carbocycles. The van der Waals surface area contributed by atoms with E-state index in [1.54, 1.807) is 28.9 Å². The summed E-state index contributed by atoms with van der Waals surface area (Å²) in [5.41, 5.74) is 2.09. The molecule has 34 heavy (non-hydrogen) atoms. The molecule has 3 rings (SSSR count). The van der Waals surface area contributed by atoms with Gasteiger partial charge in [-0.2, -0.15) is 5.10 Å². The highest BCUT2D eigenvalue weighted by atomic mass is 35.5. The van der Waals surface area contributed by atoms with Crippen molar-refractivity contribution >= 4 is 35.0 Å². The lowest BCUT2D eigenvalue weighted by Gasteiger charge is -2.22. The maximum atomic E-state index is 13.0.